The van der Waals surface area contributed by atoms with Gasteiger partial charge in [-0.25, -0.2) is 0 Å². The van der Waals surface area contributed by atoms with Crippen molar-refractivity contribution in [3.8, 4) is 6.07 Å². The van der Waals surface area contributed by atoms with Gasteiger partial charge < -0.3 is 15.1 Å². The summed E-state index contributed by atoms with van der Waals surface area (Å²) in [7, 11) is 2.06. The van der Waals surface area contributed by atoms with Crippen LogP contribution in [0.15, 0.2) is 54.6 Å². The van der Waals surface area contributed by atoms with Crippen LogP contribution < -0.4 is 20.4 Å². The van der Waals surface area contributed by atoms with E-state index < -0.39 is 23.8 Å². The van der Waals surface area contributed by atoms with Crippen LogP contribution in [0.2, 0.25) is 5.02 Å². The summed E-state index contributed by atoms with van der Waals surface area (Å²) in [6.07, 6.45) is 6.03. The number of hydrogen-bond donors (Lipinski definition) is 2. The number of halogens is 1. The number of carbonyl (C=O) groups excluding carboxylic acids is 5. The van der Waals surface area contributed by atoms with Crippen molar-refractivity contribution in [1.29, 1.82) is 5.26 Å². The molecule has 0 aromatic heterocycles. The van der Waals surface area contributed by atoms with Gasteiger partial charge in [0.15, 0.2) is 0 Å². The molecule has 0 bridgehead atoms. The second kappa shape index (κ2) is 15.1. The van der Waals surface area contributed by atoms with Crippen LogP contribution >= 0.6 is 11.6 Å². The van der Waals surface area contributed by atoms with E-state index in [1.54, 1.807) is 6.07 Å². The third-order valence-electron chi connectivity index (χ3n) is 12.2. The molecule has 12 nitrogen and oxygen atoms in total. The molecule has 284 valence electrons. The molecule has 13 heteroatoms. The summed E-state index contributed by atoms with van der Waals surface area (Å²) in [5, 5.41) is 15.1. The van der Waals surface area contributed by atoms with Crippen LogP contribution in [0.5, 0.6) is 0 Å². The summed E-state index contributed by atoms with van der Waals surface area (Å²) in [5.41, 5.74) is 6.00. The molecule has 3 fully saturated rings. The van der Waals surface area contributed by atoms with Crippen LogP contribution in [0.25, 0.3) is 0 Å². The maximum absolute atomic E-state index is 13.3. The SMILES string of the molecule is CN(c1ccc(C#N)c(Cl)c1)[C@H]1CC[C@H](NC(=O)c2ccc(N3CCC(CN4Cc5cc6c(cc5C4)C(=O)N([C@@H]4CCC(=O)NC4=O)C6=O)CC3)cc2)CC1. The molecule has 3 aromatic rings. The number of imide groups is 2. The van der Waals surface area contributed by atoms with Crippen molar-refractivity contribution in [2.24, 2.45) is 5.92 Å². The highest BCUT2D eigenvalue weighted by Crippen LogP contribution is 2.35. The first-order valence-corrected chi connectivity index (χ1v) is 19.6. The fourth-order valence-corrected chi connectivity index (χ4v) is 9.25. The number of carbonyl (C=O) groups is 5. The lowest BCUT2D eigenvalue weighted by atomic mass is 9.90. The van der Waals surface area contributed by atoms with Crippen LogP contribution in [-0.2, 0) is 22.7 Å². The molecular weight excluding hydrogens is 718 g/mol. The number of nitrogens with one attached hydrogen (secondary N) is 2. The predicted octanol–water partition coefficient (Wildman–Crippen LogP) is 5.02. The highest BCUT2D eigenvalue weighted by atomic mass is 35.5. The zero-order valence-corrected chi connectivity index (χ0v) is 31.6. The number of fused-ring (bicyclic) bond motifs is 2. The second-order valence-corrected chi connectivity index (χ2v) is 16.0. The Labute approximate surface area is 325 Å². The molecule has 2 saturated heterocycles. The second-order valence-electron chi connectivity index (χ2n) is 15.6. The van der Waals surface area contributed by atoms with Crippen LogP contribution in [0.1, 0.15) is 99.1 Å². The van der Waals surface area contributed by atoms with Gasteiger partial charge in [0.2, 0.25) is 11.8 Å². The lowest BCUT2D eigenvalue weighted by Crippen LogP contribution is -2.54. The molecular formula is C42H44ClN7O5. The van der Waals surface area contributed by atoms with Crippen molar-refractivity contribution in [3.05, 3.63) is 93.0 Å². The van der Waals surface area contributed by atoms with Crippen molar-refractivity contribution < 1.29 is 24.0 Å². The Morgan fingerprint density at radius 1 is 0.891 bits per heavy atom. The zero-order chi connectivity index (χ0) is 38.4. The molecule has 2 N–H and O–H groups in total. The number of nitriles is 1. The standard InChI is InChI=1S/C42H44ClN7O5/c1-47(33-9-4-27(21-44)36(43)20-33)31-10-5-30(6-11-31)45-39(52)26-2-7-32(8-3-26)49-16-14-25(15-17-49)22-48-23-28-18-34-35(19-29(28)24-48)42(55)50(41(34)54)37-12-13-38(51)46-40(37)53/h2-4,7-9,18-20,25,30-31,37H,5-6,10-17,22-24H2,1H3,(H,45,52)(H,46,51,53)/t30-,31-,37-/m1/s1. The molecule has 0 spiro atoms. The highest BCUT2D eigenvalue weighted by Gasteiger charge is 2.45. The molecule has 0 unspecified atom stereocenters. The van der Waals surface area contributed by atoms with Gasteiger partial charge in [0.1, 0.15) is 12.1 Å². The third-order valence-corrected chi connectivity index (χ3v) is 12.5. The van der Waals surface area contributed by atoms with E-state index in [9.17, 15) is 29.2 Å². The number of amides is 5. The van der Waals surface area contributed by atoms with Gasteiger partial charge in [-0.15, -0.1) is 0 Å². The summed E-state index contributed by atoms with van der Waals surface area (Å²) in [6.45, 7) is 4.20. The number of nitrogens with zero attached hydrogens (tertiary/aromatic N) is 5. The van der Waals surface area contributed by atoms with E-state index in [-0.39, 0.29) is 30.7 Å². The Bertz CT molecular complexity index is 2050. The van der Waals surface area contributed by atoms with E-state index in [2.05, 4.69) is 38.5 Å². The number of anilines is 2. The molecule has 1 atom stereocenters. The van der Waals surface area contributed by atoms with Gasteiger partial charge in [0.25, 0.3) is 17.7 Å². The van der Waals surface area contributed by atoms with Gasteiger partial charge in [-0.2, -0.15) is 5.26 Å². The maximum atomic E-state index is 13.3. The largest absolute Gasteiger partial charge is 0.372 e. The number of rotatable bonds is 8. The van der Waals surface area contributed by atoms with Gasteiger partial charge in [-0.1, -0.05) is 11.6 Å². The van der Waals surface area contributed by atoms with Crippen LogP contribution in [0.3, 0.4) is 0 Å². The fraction of sp³-hybridized carbons (Fsp3) is 0.429. The Morgan fingerprint density at radius 2 is 1.55 bits per heavy atom. The van der Waals surface area contributed by atoms with Crippen molar-refractivity contribution in [1.82, 2.24) is 20.4 Å². The van der Waals surface area contributed by atoms with Gasteiger partial charge in [0.05, 0.1) is 21.7 Å². The highest BCUT2D eigenvalue weighted by molar-refractivity contribution is 6.32. The van der Waals surface area contributed by atoms with Gasteiger partial charge in [-0.3, -0.25) is 39.1 Å². The molecule has 1 saturated carbocycles. The minimum Gasteiger partial charge on any atom is -0.372 e. The lowest BCUT2D eigenvalue weighted by Gasteiger charge is -2.36. The van der Waals surface area contributed by atoms with Crippen molar-refractivity contribution in [2.75, 3.05) is 36.5 Å². The summed E-state index contributed by atoms with van der Waals surface area (Å²) in [6, 6.07) is 18.7. The van der Waals surface area contributed by atoms with Crippen LogP contribution in [0, 0.1) is 17.2 Å². The van der Waals surface area contributed by atoms with Crippen molar-refractivity contribution in [2.45, 2.75) is 82.6 Å². The molecule has 55 heavy (non-hydrogen) atoms. The smallest absolute Gasteiger partial charge is 0.262 e. The van der Waals surface area contributed by atoms with Gasteiger partial charge in [0, 0.05) is 75.2 Å². The van der Waals surface area contributed by atoms with E-state index >= 15 is 0 Å². The van der Waals surface area contributed by atoms with Crippen LogP contribution in [0.4, 0.5) is 11.4 Å². The molecule has 3 aromatic carbocycles. The van der Waals surface area contributed by atoms with Gasteiger partial charge >= 0.3 is 0 Å². The average molecular weight is 762 g/mol. The van der Waals surface area contributed by atoms with Crippen molar-refractivity contribution in [3.63, 3.8) is 0 Å². The van der Waals surface area contributed by atoms with E-state index in [4.69, 9.17) is 11.6 Å². The van der Waals surface area contributed by atoms with Crippen molar-refractivity contribution >= 4 is 52.5 Å². The lowest BCUT2D eigenvalue weighted by molar-refractivity contribution is -0.136. The van der Waals surface area contributed by atoms with E-state index in [1.807, 2.05) is 48.5 Å². The third kappa shape index (κ3) is 7.31. The fourth-order valence-electron chi connectivity index (χ4n) is 9.03. The zero-order valence-electron chi connectivity index (χ0n) is 30.9. The molecule has 0 radical (unpaired) electrons. The average Bonchev–Trinajstić information content (AvgIpc) is 3.69. The summed E-state index contributed by atoms with van der Waals surface area (Å²) in [4.78, 5) is 71.8. The van der Waals surface area contributed by atoms with E-state index in [0.717, 1.165) is 85.6 Å². The monoisotopic (exact) mass is 761 g/mol. The molecule has 8 rings (SSSR count). The van der Waals surface area contributed by atoms with Crippen LogP contribution in [-0.4, -0.2) is 84.1 Å². The minimum atomic E-state index is -0.960. The maximum Gasteiger partial charge on any atom is 0.262 e. The Morgan fingerprint density at radius 3 is 2.15 bits per heavy atom. The van der Waals surface area contributed by atoms with Gasteiger partial charge in [-0.05, 0) is 117 Å². The molecule has 4 aliphatic heterocycles. The number of hydrogen-bond acceptors (Lipinski definition) is 9. The summed E-state index contributed by atoms with van der Waals surface area (Å²) in [5.74, 6) is -1.44. The predicted molar refractivity (Wildman–Crippen MR) is 207 cm³/mol. The normalized spacial score (nSPS) is 23.0. The first kappa shape index (κ1) is 36.7. The Kier molecular flexibility index (Phi) is 10.1. The molecule has 4 heterocycles. The molecule has 1 aliphatic carbocycles. The summed E-state index contributed by atoms with van der Waals surface area (Å²) >= 11 is 6.27. The topological polar surface area (TPSA) is 146 Å². The number of benzene rings is 3. The first-order valence-electron chi connectivity index (χ1n) is 19.2. The number of piperidine rings is 2. The summed E-state index contributed by atoms with van der Waals surface area (Å²) < 4.78 is 0. The van der Waals surface area contributed by atoms with E-state index in [0.29, 0.717) is 52.3 Å². The van der Waals surface area contributed by atoms with E-state index in [1.165, 1.54) is 0 Å². The molecule has 5 amide bonds. The Balaban J connectivity index is 0.784. The Hall–Kier alpha value is -5.25. The quantitative estimate of drug-likeness (QED) is 0.302. The molecule has 5 aliphatic rings. The minimum absolute atomic E-state index is 0.0434. The first-order chi connectivity index (χ1) is 26.6.